The van der Waals surface area contributed by atoms with E-state index in [1.807, 2.05) is 31.2 Å². The molecule has 0 aliphatic heterocycles. The van der Waals surface area contributed by atoms with Crippen LogP contribution in [0.25, 0.3) is 0 Å². The Balaban J connectivity index is 0.00000254. The normalized spacial score (nSPS) is 10.8. The maximum Gasteiger partial charge on any atom is 0.373 e. The van der Waals surface area contributed by atoms with Gasteiger partial charge in [0.15, 0.2) is 0 Å². The van der Waals surface area contributed by atoms with Crippen LogP contribution in [0.15, 0.2) is 47.7 Å². The Kier molecular flexibility index (Phi) is 15.7. The van der Waals surface area contributed by atoms with Gasteiger partial charge in [0, 0.05) is 25.7 Å². The lowest BCUT2D eigenvalue weighted by atomic mass is 10.1. The number of hydrazone groups is 1. The van der Waals surface area contributed by atoms with Gasteiger partial charge in [-0.25, -0.2) is 14.6 Å². The Bertz CT molecular complexity index is 1160. The zero-order valence-corrected chi connectivity index (χ0v) is 21.9. The minimum Gasteiger partial charge on any atom is -0.481 e. The van der Waals surface area contributed by atoms with Crippen LogP contribution in [0.2, 0.25) is 0 Å². The van der Waals surface area contributed by atoms with E-state index in [4.69, 9.17) is 19.8 Å². The van der Waals surface area contributed by atoms with Crippen molar-refractivity contribution in [1.29, 1.82) is 0 Å². The lowest BCUT2D eigenvalue weighted by molar-refractivity contribution is -0.191. The number of urea groups is 1. The van der Waals surface area contributed by atoms with E-state index in [-0.39, 0.29) is 24.9 Å². The number of hydrogen-bond donors (Lipinski definition) is 6. The van der Waals surface area contributed by atoms with Gasteiger partial charge in [-0.05, 0) is 50.3 Å². The van der Waals surface area contributed by atoms with Crippen LogP contribution in [0.5, 0.6) is 0 Å². The predicted octanol–water partition coefficient (Wildman–Crippen LogP) is 1.77. The van der Waals surface area contributed by atoms with Gasteiger partial charge < -0.3 is 26.2 Å². The van der Waals surface area contributed by atoms with E-state index in [1.54, 1.807) is 18.3 Å². The molecule has 0 aliphatic rings. The molecule has 3 amide bonds. The van der Waals surface area contributed by atoms with Crippen LogP contribution in [0.3, 0.4) is 0 Å². The molecule has 1 aromatic carbocycles. The number of nitrogens with one attached hydrogen (secondary N) is 4. The molecule has 1 aromatic heterocycles. The molecule has 40 heavy (non-hydrogen) atoms. The van der Waals surface area contributed by atoms with Gasteiger partial charge in [-0.15, -0.1) is 0 Å². The number of anilines is 1. The Labute approximate surface area is 230 Å². The summed E-state index contributed by atoms with van der Waals surface area (Å²) in [4.78, 5) is 66.1. The van der Waals surface area contributed by atoms with E-state index in [2.05, 4.69) is 31.5 Å². The molecular weight excluding hydrogens is 524 g/mol. The summed E-state index contributed by atoms with van der Waals surface area (Å²) in [5.74, 6) is -2.17. The fourth-order valence-electron chi connectivity index (χ4n) is 3.09. The lowest BCUT2D eigenvalue weighted by Crippen LogP contribution is -2.46. The van der Waals surface area contributed by atoms with Gasteiger partial charge in [0.1, 0.15) is 11.9 Å². The molecule has 14 heteroatoms. The number of aliphatic carboxylic acids is 2. The van der Waals surface area contributed by atoms with Gasteiger partial charge >= 0.3 is 24.1 Å². The number of carbonyl (C=O) groups is 4. The van der Waals surface area contributed by atoms with Crippen molar-refractivity contribution in [3.63, 3.8) is 0 Å². The molecule has 1 unspecified atom stereocenters. The highest BCUT2D eigenvalue weighted by Gasteiger charge is 2.20. The predicted molar refractivity (Wildman–Crippen MR) is 143 cm³/mol. The van der Waals surface area contributed by atoms with Crippen LogP contribution >= 0.6 is 0 Å². The molecule has 2 rings (SSSR count). The molecule has 0 bridgehead atoms. The topological polar surface area (TPSA) is 216 Å². The minimum absolute atomic E-state index is 0.200. The quantitative estimate of drug-likeness (QED) is 0.106. The number of unbranched alkanes of at least 4 members (excludes halogenated alkanes) is 2. The van der Waals surface area contributed by atoms with Crippen molar-refractivity contribution in [2.24, 2.45) is 5.10 Å². The molecule has 1 atom stereocenters. The summed E-state index contributed by atoms with van der Waals surface area (Å²) in [6.07, 6.45) is 4.87. The molecule has 0 radical (unpaired) electrons. The number of amides is 3. The number of carboxylic acid groups (broad SMARTS) is 2. The second-order valence-corrected chi connectivity index (χ2v) is 8.34. The van der Waals surface area contributed by atoms with Crippen LogP contribution < -0.4 is 21.4 Å². The fraction of sp³-hybridized carbons (Fsp3) is 0.346. The van der Waals surface area contributed by atoms with E-state index >= 15 is 0 Å². The zero-order chi connectivity index (χ0) is 29.8. The summed E-state index contributed by atoms with van der Waals surface area (Å²) in [6, 6.07) is 9.28. The van der Waals surface area contributed by atoms with Crippen molar-refractivity contribution < 1.29 is 39.0 Å². The number of aromatic nitrogens is 1. The molecule has 0 spiro atoms. The maximum absolute atomic E-state index is 12.3. The number of hydrogen-bond acceptors (Lipinski definition) is 9. The van der Waals surface area contributed by atoms with Gasteiger partial charge in [-0.3, -0.25) is 15.0 Å². The smallest absolute Gasteiger partial charge is 0.373 e. The summed E-state index contributed by atoms with van der Waals surface area (Å²) in [6.45, 7) is 2.77. The number of nitrogens with zero attached hydrogens (tertiary/aromatic N) is 2. The summed E-state index contributed by atoms with van der Waals surface area (Å²) in [5, 5.41) is 29.4. The van der Waals surface area contributed by atoms with Crippen LogP contribution in [-0.4, -0.2) is 70.6 Å². The number of rotatable bonds is 15. The molecule has 1 heterocycles. The van der Waals surface area contributed by atoms with E-state index in [0.717, 1.165) is 12.0 Å². The second-order valence-electron chi connectivity index (χ2n) is 8.34. The number of pyridine rings is 1. The van der Waals surface area contributed by atoms with Gasteiger partial charge in [-0.2, -0.15) is 14.7 Å². The van der Waals surface area contributed by atoms with Crippen molar-refractivity contribution in [2.75, 3.05) is 18.5 Å². The van der Waals surface area contributed by atoms with Gasteiger partial charge in [0.05, 0.1) is 11.8 Å². The molecule has 0 saturated heterocycles. The third-order valence-corrected chi connectivity index (χ3v) is 5.17. The molecular formula is C26H32N6O8. The first kappa shape index (κ1) is 32.9. The first-order valence-electron chi connectivity index (χ1n) is 12.2. The third-order valence-electron chi connectivity index (χ3n) is 5.17. The van der Waals surface area contributed by atoms with Crippen LogP contribution in [0, 0.1) is 6.92 Å². The van der Waals surface area contributed by atoms with Gasteiger partial charge in [0.2, 0.25) is 0 Å². The van der Waals surface area contributed by atoms with Crippen molar-refractivity contribution >= 4 is 42.1 Å². The molecule has 14 nitrogen and oxygen atoms in total. The first-order chi connectivity index (χ1) is 19.2. The monoisotopic (exact) mass is 556 g/mol. The largest absolute Gasteiger partial charge is 0.481 e. The number of aryl methyl sites for hydroxylation is 1. The molecule has 6 N–H and O–H groups in total. The zero-order valence-electron chi connectivity index (χ0n) is 21.9. The van der Waals surface area contributed by atoms with Crippen LogP contribution in [0.1, 0.15) is 53.6 Å². The minimum atomic E-state index is -1.29. The van der Waals surface area contributed by atoms with Crippen molar-refractivity contribution in [3.05, 3.63) is 59.3 Å². The molecule has 0 aliphatic carbocycles. The summed E-state index contributed by atoms with van der Waals surface area (Å²) in [7, 11) is 0. The standard InChI is InChI=1S/C25H32N6O6.CO2/c1-17-5-7-18(8-6-17)15-29-31-21-11-9-19(16-28-21)23(34)26-13-3-2-4-14-27-25(37)30-20(24(35)36)10-12-22(32)33;2-1-3/h5-9,11,15-16,20H,2-4,10,12-14H2,1H3,(H,26,34)(H,28,31)(H,32,33)(H,35,36)(H2,27,30,37);/b29-15+;. The van der Waals surface area contributed by atoms with Crippen LogP contribution in [0.4, 0.5) is 10.6 Å². The van der Waals surface area contributed by atoms with E-state index in [1.165, 1.54) is 11.8 Å². The Morgan fingerprint density at radius 2 is 1.62 bits per heavy atom. The molecule has 0 saturated carbocycles. The highest BCUT2D eigenvalue weighted by Crippen LogP contribution is 2.06. The van der Waals surface area contributed by atoms with E-state index in [0.29, 0.717) is 37.3 Å². The maximum atomic E-state index is 12.3. The summed E-state index contributed by atoms with van der Waals surface area (Å²) < 4.78 is 0. The van der Waals surface area contributed by atoms with Gasteiger partial charge in [-0.1, -0.05) is 29.8 Å². The van der Waals surface area contributed by atoms with Crippen molar-refractivity contribution in [2.45, 2.75) is 45.1 Å². The highest BCUT2D eigenvalue weighted by atomic mass is 16.4. The van der Waals surface area contributed by atoms with E-state index < -0.39 is 24.0 Å². The molecule has 0 fully saturated rings. The van der Waals surface area contributed by atoms with E-state index in [9.17, 15) is 19.2 Å². The third kappa shape index (κ3) is 14.6. The fourth-order valence-corrected chi connectivity index (χ4v) is 3.09. The van der Waals surface area contributed by atoms with Crippen LogP contribution in [-0.2, 0) is 19.2 Å². The highest BCUT2D eigenvalue weighted by molar-refractivity contribution is 5.94. The average molecular weight is 557 g/mol. The van der Waals surface area contributed by atoms with Crippen molar-refractivity contribution in [3.8, 4) is 0 Å². The number of carbonyl (C=O) groups excluding carboxylic acids is 4. The Morgan fingerprint density at radius 1 is 0.975 bits per heavy atom. The number of benzene rings is 1. The van der Waals surface area contributed by atoms with Gasteiger partial charge in [0.25, 0.3) is 5.91 Å². The lowest BCUT2D eigenvalue weighted by Gasteiger charge is -2.14. The number of carboxylic acids is 2. The molecule has 214 valence electrons. The molecule has 2 aromatic rings. The second kappa shape index (κ2) is 19.0. The average Bonchev–Trinajstić information content (AvgIpc) is 2.92. The Morgan fingerprint density at radius 3 is 2.20 bits per heavy atom. The first-order valence-corrected chi connectivity index (χ1v) is 12.2. The van der Waals surface area contributed by atoms with Crippen molar-refractivity contribution in [1.82, 2.24) is 20.9 Å². The SMILES string of the molecule is Cc1ccc(/C=N/Nc2ccc(C(=O)NCCCCCNC(=O)NC(CCC(=O)O)C(=O)O)cn2)cc1.O=C=O. The Hall–Kier alpha value is -5.10. The summed E-state index contributed by atoms with van der Waals surface area (Å²) >= 11 is 0. The summed E-state index contributed by atoms with van der Waals surface area (Å²) in [5.41, 5.74) is 5.36.